The van der Waals surface area contributed by atoms with Crippen LogP contribution in [0.25, 0.3) is 10.4 Å². The molecule has 0 amide bonds. The maximum Gasteiger partial charge on any atom is 0.305 e. The van der Waals surface area contributed by atoms with Crippen LogP contribution >= 0.6 is 0 Å². The Kier molecular flexibility index (Phi) is 11.2. The van der Waals surface area contributed by atoms with Crippen molar-refractivity contribution in [3.63, 3.8) is 0 Å². The van der Waals surface area contributed by atoms with Crippen LogP contribution in [0.1, 0.15) is 44.9 Å². The van der Waals surface area contributed by atoms with Crippen molar-refractivity contribution >= 4 is 5.97 Å². The molecule has 5 nitrogen and oxygen atoms in total. The molecule has 0 unspecified atom stereocenters. The van der Waals surface area contributed by atoms with E-state index in [1.807, 2.05) is 0 Å². The van der Waals surface area contributed by atoms with Crippen molar-refractivity contribution in [1.29, 1.82) is 0 Å². The minimum Gasteiger partial charge on any atom is -0.469 e. The number of esters is 1. The van der Waals surface area contributed by atoms with Crippen molar-refractivity contribution in [2.75, 3.05) is 13.7 Å². The summed E-state index contributed by atoms with van der Waals surface area (Å²) in [5.41, 5.74) is 8.04. The zero-order valence-corrected chi connectivity index (χ0v) is 10.3. The Balaban J connectivity index is 3.24. The molecule has 0 rings (SSSR count). The first-order chi connectivity index (χ1) is 8.31. The third-order valence-electron chi connectivity index (χ3n) is 2.16. The van der Waals surface area contributed by atoms with Crippen molar-refractivity contribution in [2.45, 2.75) is 44.9 Å². The number of methoxy groups -OCH3 is 1. The SMILES string of the molecule is COC(=O)CCCCCC#CCCCN=[N+]=[N-]. The van der Waals surface area contributed by atoms with E-state index in [9.17, 15) is 4.79 Å². The second-order valence-corrected chi connectivity index (χ2v) is 3.55. The first-order valence-electron chi connectivity index (χ1n) is 5.84. The lowest BCUT2D eigenvalue weighted by atomic mass is 10.1. The molecular formula is C12H19N3O2. The van der Waals surface area contributed by atoms with E-state index >= 15 is 0 Å². The standard InChI is InChI=1S/C12H19N3O2/c1-17-12(16)10-8-6-4-2-3-5-7-9-11-14-15-13/h2,4,6-11H2,1H3. The van der Waals surface area contributed by atoms with Crippen LogP contribution in [0.3, 0.4) is 0 Å². The summed E-state index contributed by atoms with van der Waals surface area (Å²) in [6, 6.07) is 0. The predicted molar refractivity (Wildman–Crippen MR) is 66.1 cm³/mol. The molecule has 0 heterocycles. The van der Waals surface area contributed by atoms with Crippen molar-refractivity contribution in [1.82, 2.24) is 0 Å². The molecule has 0 aliphatic carbocycles. The molecule has 0 aromatic rings. The molecule has 0 fully saturated rings. The van der Waals surface area contributed by atoms with Gasteiger partial charge in [-0.3, -0.25) is 4.79 Å². The van der Waals surface area contributed by atoms with Gasteiger partial charge in [-0.25, -0.2) is 0 Å². The number of carbonyl (C=O) groups is 1. The van der Waals surface area contributed by atoms with E-state index in [0.717, 1.165) is 38.5 Å². The molecule has 5 heteroatoms. The van der Waals surface area contributed by atoms with E-state index in [2.05, 4.69) is 26.6 Å². The summed E-state index contributed by atoms with van der Waals surface area (Å²) in [4.78, 5) is 13.5. The van der Waals surface area contributed by atoms with Gasteiger partial charge in [-0.05, 0) is 24.8 Å². The highest BCUT2D eigenvalue weighted by Gasteiger charge is 1.97. The highest BCUT2D eigenvalue weighted by Crippen LogP contribution is 2.03. The Morgan fingerprint density at radius 1 is 1.24 bits per heavy atom. The quantitative estimate of drug-likeness (QED) is 0.162. The lowest BCUT2D eigenvalue weighted by Gasteiger charge is -1.97. The molecule has 0 N–H and O–H groups in total. The lowest BCUT2D eigenvalue weighted by molar-refractivity contribution is -0.140. The number of azide groups is 1. The van der Waals surface area contributed by atoms with Crippen LogP contribution in [-0.4, -0.2) is 19.6 Å². The van der Waals surface area contributed by atoms with Gasteiger partial charge < -0.3 is 4.74 Å². The van der Waals surface area contributed by atoms with Crippen LogP contribution < -0.4 is 0 Å². The van der Waals surface area contributed by atoms with Crippen LogP contribution in [0.2, 0.25) is 0 Å². The predicted octanol–water partition coefficient (Wildman–Crippen LogP) is 3.20. The molecule has 0 aromatic carbocycles. The second-order valence-electron chi connectivity index (χ2n) is 3.55. The number of unbranched alkanes of at least 4 members (excludes halogenated alkanes) is 4. The largest absolute Gasteiger partial charge is 0.469 e. The maximum atomic E-state index is 10.8. The number of hydrogen-bond donors (Lipinski definition) is 0. The summed E-state index contributed by atoms with van der Waals surface area (Å²) < 4.78 is 4.54. The van der Waals surface area contributed by atoms with Gasteiger partial charge in [-0.1, -0.05) is 11.5 Å². The normalized spacial score (nSPS) is 8.76. The van der Waals surface area contributed by atoms with Gasteiger partial charge in [0.2, 0.25) is 0 Å². The van der Waals surface area contributed by atoms with Gasteiger partial charge in [-0.15, -0.1) is 11.8 Å². The van der Waals surface area contributed by atoms with Crippen LogP contribution in [0.15, 0.2) is 5.11 Å². The van der Waals surface area contributed by atoms with Gasteiger partial charge in [0.15, 0.2) is 0 Å². The third kappa shape index (κ3) is 12.3. The fourth-order valence-corrected chi connectivity index (χ4v) is 1.22. The molecule has 0 aromatic heterocycles. The van der Waals surface area contributed by atoms with Crippen LogP contribution in [0, 0.1) is 11.8 Å². The van der Waals surface area contributed by atoms with Crippen LogP contribution in [0.5, 0.6) is 0 Å². The fourth-order valence-electron chi connectivity index (χ4n) is 1.22. The zero-order valence-electron chi connectivity index (χ0n) is 10.3. The minimum absolute atomic E-state index is 0.144. The van der Waals surface area contributed by atoms with E-state index in [0.29, 0.717) is 13.0 Å². The molecule has 0 saturated heterocycles. The van der Waals surface area contributed by atoms with Crippen LogP contribution in [-0.2, 0) is 9.53 Å². The van der Waals surface area contributed by atoms with Gasteiger partial charge in [0, 0.05) is 30.7 Å². The summed E-state index contributed by atoms with van der Waals surface area (Å²) >= 11 is 0. The van der Waals surface area contributed by atoms with Crippen molar-refractivity contribution < 1.29 is 9.53 Å². The summed E-state index contributed by atoms with van der Waals surface area (Å²) in [5, 5.41) is 3.42. The molecule has 0 bridgehead atoms. The Hall–Kier alpha value is -1.66. The maximum absolute atomic E-state index is 10.8. The second kappa shape index (κ2) is 12.4. The summed E-state index contributed by atoms with van der Waals surface area (Å²) in [7, 11) is 1.41. The molecule has 0 aliphatic heterocycles. The van der Waals surface area contributed by atoms with E-state index < -0.39 is 0 Å². The minimum atomic E-state index is -0.144. The lowest BCUT2D eigenvalue weighted by Crippen LogP contribution is -1.98. The monoisotopic (exact) mass is 237 g/mol. The molecule has 0 spiro atoms. The Bertz CT molecular complexity index is 311. The number of hydrogen-bond acceptors (Lipinski definition) is 3. The van der Waals surface area contributed by atoms with Gasteiger partial charge in [-0.2, -0.15) is 0 Å². The number of nitrogens with zero attached hydrogens (tertiary/aromatic N) is 3. The van der Waals surface area contributed by atoms with E-state index in [-0.39, 0.29) is 5.97 Å². The Morgan fingerprint density at radius 2 is 1.94 bits per heavy atom. The number of carbonyl (C=O) groups excluding carboxylic acids is 1. The van der Waals surface area contributed by atoms with Gasteiger partial charge in [0.05, 0.1) is 7.11 Å². The van der Waals surface area contributed by atoms with E-state index in [1.165, 1.54) is 7.11 Å². The van der Waals surface area contributed by atoms with Gasteiger partial charge >= 0.3 is 5.97 Å². The first kappa shape index (κ1) is 15.3. The smallest absolute Gasteiger partial charge is 0.305 e. The molecule has 0 saturated carbocycles. The van der Waals surface area contributed by atoms with E-state index in [4.69, 9.17) is 5.53 Å². The number of ether oxygens (including phenoxy) is 1. The first-order valence-corrected chi connectivity index (χ1v) is 5.84. The number of rotatable bonds is 8. The fraction of sp³-hybridized carbons (Fsp3) is 0.750. The molecule has 94 valence electrons. The molecule has 0 radical (unpaired) electrons. The molecule has 0 atom stereocenters. The highest BCUT2D eigenvalue weighted by molar-refractivity contribution is 5.68. The van der Waals surface area contributed by atoms with Crippen molar-refractivity contribution in [3.8, 4) is 11.8 Å². The van der Waals surface area contributed by atoms with Crippen molar-refractivity contribution in [3.05, 3.63) is 10.4 Å². The topological polar surface area (TPSA) is 75.1 Å². The summed E-state index contributed by atoms with van der Waals surface area (Å²) in [6.07, 6.45) is 5.84. The molecular weight excluding hydrogens is 218 g/mol. The summed E-state index contributed by atoms with van der Waals surface area (Å²) in [5.74, 6) is 5.95. The third-order valence-corrected chi connectivity index (χ3v) is 2.16. The average Bonchev–Trinajstić information content (AvgIpc) is 2.35. The average molecular weight is 237 g/mol. The molecule has 0 aliphatic rings. The molecule has 17 heavy (non-hydrogen) atoms. The van der Waals surface area contributed by atoms with Crippen LogP contribution in [0.4, 0.5) is 0 Å². The Morgan fingerprint density at radius 3 is 2.59 bits per heavy atom. The van der Waals surface area contributed by atoms with Gasteiger partial charge in [0.1, 0.15) is 0 Å². The van der Waals surface area contributed by atoms with E-state index in [1.54, 1.807) is 0 Å². The van der Waals surface area contributed by atoms with Gasteiger partial charge in [0.25, 0.3) is 0 Å². The zero-order chi connectivity index (χ0) is 12.8. The summed E-state index contributed by atoms with van der Waals surface area (Å²) in [6.45, 7) is 0.518. The Labute approximate surface area is 102 Å². The van der Waals surface area contributed by atoms with Crippen molar-refractivity contribution in [2.24, 2.45) is 5.11 Å². The highest BCUT2D eigenvalue weighted by atomic mass is 16.5.